The second kappa shape index (κ2) is 6.84. The average Bonchev–Trinajstić information content (AvgIpc) is 2.84. The zero-order chi connectivity index (χ0) is 16.1. The standard InChI is InChI=1S/C15H18N4O3/c1-10-3-4-12(11(2)7-10)5-6-13(20)17-15-16-9-19(18-15)8-14(21)22/h3-4,7,9H,5-6,8H2,1-2H3,(H,21,22)(H,17,18,20). The first-order chi connectivity index (χ1) is 10.4. The molecule has 1 amide bonds. The van der Waals surface area contributed by atoms with E-state index in [1.807, 2.05) is 26.0 Å². The highest BCUT2D eigenvalue weighted by atomic mass is 16.4. The summed E-state index contributed by atoms with van der Waals surface area (Å²) < 4.78 is 1.15. The minimum atomic E-state index is -1.02. The molecule has 0 bridgehead atoms. The maximum Gasteiger partial charge on any atom is 0.325 e. The normalized spacial score (nSPS) is 10.5. The average molecular weight is 302 g/mol. The molecular formula is C15H18N4O3. The van der Waals surface area contributed by atoms with Gasteiger partial charge in [0.2, 0.25) is 11.9 Å². The summed E-state index contributed by atoms with van der Waals surface area (Å²) in [5.74, 6) is -1.10. The van der Waals surface area contributed by atoms with E-state index in [1.165, 1.54) is 11.9 Å². The second-order valence-electron chi connectivity index (χ2n) is 5.14. The van der Waals surface area contributed by atoms with Crippen LogP contribution in [0.2, 0.25) is 0 Å². The molecule has 1 heterocycles. The van der Waals surface area contributed by atoms with Crippen molar-refractivity contribution in [2.24, 2.45) is 0 Å². The third-order valence-electron chi connectivity index (χ3n) is 3.20. The fraction of sp³-hybridized carbons (Fsp3) is 0.333. The highest BCUT2D eigenvalue weighted by Crippen LogP contribution is 2.12. The molecule has 0 aliphatic carbocycles. The maximum absolute atomic E-state index is 11.9. The van der Waals surface area contributed by atoms with Crippen molar-refractivity contribution >= 4 is 17.8 Å². The molecule has 0 saturated heterocycles. The Bertz CT molecular complexity index is 694. The van der Waals surface area contributed by atoms with Crippen LogP contribution < -0.4 is 5.32 Å². The number of anilines is 1. The smallest absolute Gasteiger partial charge is 0.325 e. The molecule has 2 N–H and O–H groups in total. The third-order valence-corrected chi connectivity index (χ3v) is 3.20. The second-order valence-corrected chi connectivity index (χ2v) is 5.14. The number of carboxylic acids is 1. The molecule has 0 fully saturated rings. The van der Waals surface area contributed by atoms with Crippen LogP contribution in [-0.2, 0) is 22.6 Å². The number of amides is 1. The highest BCUT2D eigenvalue weighted by Gasteiger charge is 2.09. The van der Waals surface area contributed by atoms with Gasteiger partial charge in [-0.2, -0.15) is 0 Å². The summed E-state index contributed by atoms with van der Waals surface area (Å²) in [7, 11) is 0. The van der Waals surface area contributed by atoms with Crippen LogP contribution in [-0.4, -0.2) is 31.7 Å². The molecule has 2 rings (SSSR count). The van der Waals surface area contributed by atoms with Crippen molar-refractivity contribution in [3.63, 3.8) is 0 Å². The molecule has 1 aromatic carbocycles. The summed E-state index contributed by atoms with van der Waals surface area (Å²) in [5, 5.41) is 15.1. The molecule has 0 radical (unpaired) electrons. The van der Waals surface area contributed by atoms with E-state index in [0.29, 0.717) is 12.8 Å². The summed E-state index contributed by atoms with van der Waals surface area (Å²) in [6, 6.07) is 6.13. The van der Waals surface area contributed by atoms with Gasteiger partial charge in [0.25, 0.3) is 0 Å². The van der Waals surface area contributed by atoms with Gasteiger partial charge < -0.3 is 5.11 Å². The van der Waals surface area contributed by atoms with Crippen molar-refractivity contribution in [3.8, 4) is 0 Å². The summed E-state index contributed by atoms with van der Waals surface area (Å²) in [5.41, 5.74) is 3.49. The van der Waals surface area contributed by atoms with Gasteiger partial charge in [0.1, 0.15) is 12.9 Å². The van der Waals surface area contributed by atoms with Crippen LogP contribution >= 0.6 is 0 Å². The Morgan fingerprint density at radius 1 is 1.32 bits per heavy atom. The van der Waals surface area contributed by atoms with Crippen molar-refractivity contribution in [1.82, 2.24) is 14.8 Å². The molecular weight excluding hydrogens is 284 g/mol. The number of nitrogens with one attached hydrogen (secondary N) is 1. The topological polar surface area (TPSA) is 97.1 Å². The van der Waals surface area contributed by atoms with Crippen LogP contribution in [0.1, 0.15) is 23.1 Å². The van der Waals surface area contributed by atoms with Crippen molar-refractivity contribution in [2.75, 3.05) is 5.32 Å². The minimum Gasteiger partial charge on any atom is -0.480 e. The largest absolute Gasteiger partial charge is 0.480 e. The van der Waals surface area contributed by atoms with Crippen LogP contribution in [0, 0.1) is 13.8 Å². The van der Waals surface area contributed by atoms with E-state index in [1.54, 1.807) is 0 Å². The zero-order valence-electron chi connectivity index (χ0n) is 12.5. The molecule has 116 valence electrons. The van der Waals surface area contributed by atoms with Crippen LogP contribution in [0.15, 0.2) is 24.5 Å². The number of carbonyl (C=O) groups excluding carboxylic acids is 1. The Morgan fingerprint density at radius 2 is 2.09 bits per heavy atom. The zero-order valence-corrected chi connectivity index (χ0v) is 12.5. The van der Waals surface area contributed by atoms with Crippen molar-refractivity contribution in [3.05, 3.63) is 41.2 Å². The van der Waals surface area contributed by atoms with Gasteiger partial charge in [0, 0.05) is 6.42 Å². The maximum atomic E-state index is 11.9. The predicted molar refractivity (Wildman–Crippen MR) is 80.5 cm³/mol. The number of carboxylic acid groups (broad SMARTS) is 1. The highest BCUT2D eigenvalue weighted by molar-refractivity contribution is 5.89. The van der Waals surface area contributed by atoms with E-state index in [4.69, 9.17) is 5.11 Å². The molecule has 1 aromatic heterocycles. The number of aryl methyl sites for hydroxylation is 3. The first-order valence-corrected chi connectivity index (χ1v) is 6.91. The number of aliphatic carboxylic acids is 1. The Balaban J connectivity index is 1.87. The summed E-state index contributed by atoms with van der Waals surface area (Å²) in [4.78, 5) is 26.3. The monoisotopic (exact) mass is 302 g/mol. The first kappa shape index (κ1) is 15.7. The van der Waals surface area contributed by atoms with Crippen LogP contribution in [0.3, 0.4) is 0 Å². The van der Waals surface area contributed by atoms with Crippen LogP contribution in [0.4, 0.5) is 5.95 Å². The Hall–Kier alpha value is -2.70. The van der Waals surface area contributed by atoms with E-state index in [-0.39, 0.29) is 18.4 Å². The minimum absolute atomic E-state index is 0.117. The van der Waals surface area contributed by atoms with E-state index in [0.717, 1.165) is 15.8 Å². The number of benzene rings is 1. The number of aromatic nitrogens is 3. The van der Waals surface area contributed by atoms with E-state index < -0.39 is 5.97 Å². The quantitative estimate of drug-likeness (QED) is 0.843. The number of nitrogens with zero attached hydrogens (tertiary/aromatic N) is 3. The number of rotatable bonds is 6. The SMILES string of the molecule is Cc1ccc(CCC(=O)Nc2ncn(CC(=O)O)n2)c(C)c1. The van der Waals surface area contributed by atoms with Crippen LogP contribution in [0.25, 0.3) is 0 Å². The Morgan fingerprint density at radius 3 is 2.77 bits per heavy atom. The Labute approximate surface area is 128 Å². The molecule has 0 saturated carbocycles. The molecule has 0 unspecified atom stereocenters. The molecule has 7 nitrogen and oxygen atoms in total. The van der Waals surface area contributed by atoms with E-state index in [2.05, 4.69) is 21.5 Å². The van der Waals surface area contributed by atoms with Crippen molar-refractivity contribution in [1.29, 1.82) is 0 Å². The molecule has 0 aliphatic heterocycles. The molecule has 7 heteroatoms. The third kappa shape index (κ3) is 4.41. The Kier molecular flexibility index (Phi) is 4.88. The molecule has 0 atom stereocenters. The fourth-order valence-corrected chi connectivity index (χ4v) is 2.13. The van der Waals surface area contributed by atoms with Gasteiger partial charge in [-0.05, 0) is 31.4 Å². The lowest BCUT2D eigenvalue weighted by atomic mass is 10.0. The lowest BCUT2D eigenvalue weighted by molar-refractivity contribution is -0.137. The summed E-state index contributed by atoms with van der Waals surface area (Å²) in [6.45, 7) is 3.77. The number of carbonyl (C=O) groups is 2. The number of hydrogen-bond acceptors (Lipinski definition) is 4. The molecule has 2 aromatic rings. The van der Waals surface area contributed by atoms with E-state index >= 15 is 0 Å². The van der Waals surface area contributed by atoms with Gasteiger partial charge in [-0.15, -0.1) is 5.10 Å². The van der Waals surface area contributed by atoms with Crippen molar-refractivity contribution in [2.45, 2.75) is 33.2 Å². The molecule has 22 heavy (non-hydrogen) atoms. The molecule has 0 aliphatic rings. The van der Waals surface area contributed by atoms with Gasteiger partial charge in [-0.3, -0.25) is 14.9 Å². The summed E-state index contributed by atoms with van der Waals surface area (Å²) >= 11 is 0. The van der Waals surface area contributed by atoms with Crippen LogP contribution in [0.5, 0.6) is 0 Å². The summed E-state index contributed by atoms with van der Waals surface area (Å²) in [6.07, 6.45) is 2.22. The van der Waals surface area contributed by atoms with Gasteiger partial charge in [-0.1, -0.05) is 23.8 Å². The van der Waals surface area contributed by atoms with Crippen molar-refractivity contribution < 1.29 is 14.7 Å². The molecule has 0 spiro atoms. The predicted octanol–water partition coefficient (Wildman–Crippen LogP) is 1.55. The lowest BCUT2D eigenvalue weighted by Gasteiger charge is -2.06. The lowest BCUT2D eigenvalue weighted by Crippen LogP contribution is -2.15. The first-order valence-electron chi connectivity index (χ1n) is 6.91. The van der Waals surface area contributed by atoms with Gasteiger partial charge in [0.05, 0.1) is 0 Å². The van der Waals surface area contributed by atoms with Gasteiger partial charge in [-0.25, -0.2) is 9.67 Å². The fourth-order valence-electron chi connectivity index (χ4n) is 2.13. The van der Waals surface area contributed by atoms with E-state index in [9.17, 15) is 9.59 Å². The van der Waals surface area contributed by atoms with Gasteiger partial charge >= 0.3 is 5.97 Å². The number of hydrogen-bond donors (Lipinski definition) is 2. The van der Waals surface area contributed by atoms with Gasteiger partial charge in [0.15, 0.2) is 0 Å².